The van der Waals surface area contributed by atoms with E-state index in [1.54, 1.807) is 53.6 Å². The van der Waals surface area contributed by atoms with Gasteiger partial charge in [0.2, 0.25) is 5.88 Å². The Kier molecular flexibility index (Phi) is 5.10. The fraction of sp³-hybridized carbons (Fsp3) is 0. The fourth-order valence-electron chi connectivity index (χ4n) is 2.48. The van der Waals surface area contributed by atoms with Crippen LogP contribution in [0.5, 0.6) is 11.6 Å². The molecule has 8 nitrogen and oxygen atoms in total. The molecule has 0 aliphatic rings. The highest BCUT2D eigenvalue weighted by Crippen LogP contribution is 2.22. The standard InChI is InChI=1S/C20H15FN6O2/c21-14-1-3-15(4-2-14)25-20(28)26-16-5-7-17(8-6-16)29-19-11-18(23-12-24-19)27-10-9-22-13-27/h1-13H,(H2,25,26,28). The Morgan fingerprint density at radius 1 is 0.966 bits per heavy atom. The van der Waals surface area contributed by atoms with E-state index in [0.29, 0.717) is 28.8 Å². The van der Waals surface area contributed by atoms with Crippen LogP contribution >= 0.6 is 0 Å². The molecule has 9 heteroatoms. The highest BCUT2D eigenvalue weighted by Gasteiger charge is 2.06. The van der Waals surface area contributed by atoms with Crippen LogP contribution in [0.3, 0.4) is 0 Å². The van der Waals surface area contributed by atoms with Gasteiger partial charge in [-0.25, -0.2) is 24.1 Å². The van der Waals surface area contributed by atoms with Crippen LogP contribution in [0.25, 0.3) is 5.82 Å². The molecule has 2 aromatic heterocycles. The molecule has 144 valence electrons. The lowest BCUT2D eigenvalue weighted by Crippen LogP contribution is -2.19. The predicted molar refractivity (Wildman–Crippen MR) is 105 cm³/mol. The Bertz CT molecular complexity index is 1100. The van der Waals surface area contributed by atoms with Crippen molar-refractivity contribution in [2.45, 2.75) is 0 Å². The number of ether oxygens (including phenoxy) is 1. The smallest absolute Gasteiger partial charge is 0.323 e. The first kappa shape index (κ1) is 18.1. The number of anilines is 2. The van der Waals surface area contributed by atoms with Crippen LogP contribution in [0.1, 0.15) is 0 Å². The average Bonchev–Trinajstić information content (AvgIpc) is 3.26. The average molecular weight is 390 g/mol. The molecular weight excluding hydrogens is 375 g/mol. The van der Waals surface area contributed by atoms with Gasteiger partial charge in [0.05, 0.1) is 0 Å². The van der Waals surface area contributed by atoms with E-state index in [2.05, 4.69) is 25.6 Å². The third-order valence-corrected chi connectivity index (χ3v) is 3.83. The molecule has 4 rings (SSSR count). The van der Waals surface area contributed by atoms with E-state index >= 15 is 0 Å². The number of rotatable bonds is 5. The number of imidazole rings is 1. The molecule has 0 atom stereocenters. The van der Waals surface area contributed by atoms with E-state index in [9.17, 15) is 9.18 Å². The number of halogens is 1. The van der Waals surface area contributed by atoms with Crippen LogP contribution in [0.4, 0.5) is 20.6 Å². The normalized spacial score (nSPS) is 10.4. The lowest BCUT2D eigenvalue weighted by molar-refractivity contribution is 0.262. The molecule has 0 bridgehead atoms. The van der Waals surface area contributed by atoms with Crippen molar-refractivity contribution >= 4 is 17.4 Å². The van der Waals surface area contributed by atoms with Crippen LogP contribution in [0.2, 0.25) is 0 Å². The summed E-state index contributed by atoms with van der Waals surface area (Å²) in [6.45, 7) is 0. The molecule has 0 aliphatic carbocycles. The maximum atomic E-state index is 12.9. The zero-order chi connectivity index (χ0) is 20.1. The zero-order valence-electron chi connectivity index (χ0n) is 15.0. The summed E-state index contributed by atoms with van der Waals surface area (Å²) in [5, 5.41) is 5.31. The number of nitrogens with one attached hydrogen (secondary N) is 2. The van der Waals surface area contributed by atoms with Crippen molar-refractivity contribution in [2.24, 2.45) is 0 Å². The van der Waals surface area contributed by atoms with E-state index in [-0.39, 0.29) is 5.82 Å². The maximum Gasteiger partial charge on any atom is 0.323 e. The number of urea groups is 1. The quantitative estimate of drug-likeness (QED) is 0.532. The molecule has 2 N–H and O–H groups in total. The van der Waals surface area contributed by atoms with Gasteiger partial charge in [0.1, 0.15) is 30.0 Å². The van der Waals surface area contributed by atoms with Crippen LogP contribution in [0, 0.1) is 5.82 Å². The molecule has 0 unspecified atom stereocenters. The first-order valence-electron chi connectivity index (χ1n) is 8.57. The van der Waals surface area contributed by atoms with Gasteiger partial charge >= 0.3 is 6.03 Å². The Hall–Kier alpha value is -4.27. The van der Waals surface area contributed by atoms with E-state index < -0.39 is 6.03 Å². The molecular formula is C20H15FN6O2. The van der Waals surface area contributed by atoms with Gasteiger partial charge < -0.3 is 15.4 Å². The molecule has 0 spiro atoms. The molecule has 4 aromatic rings. The third-order valence-electron chi connectivity index (χ3n) is 3.83. The maximum absolute atomic E-state index is 12.9. The Morgan fingerprint density at radius 2 is 1.66 bits per heavy atom. The molecule has 0 fully saturated rings. The number of hydrogen-bond acceptors (Lipinski definition) is 5. The summed E-state index contributed by atoms with van der Waals surface area (Å²) >= 11 is 0. The number of benzene rings is 2. The molecule has 0 saturated carbocycles. The second kappa shape index (κ2) is 8.17. The summed E-state index contributed by atoms with van der Waals surface area (Å²) in [5.41, 5.74) is 1.06. The third kappa shape index (κ3) is 4.72. The molecule has 29 heavy (non-hydrogen) atoms. The number of hydrogen-bond donors (Lipinski definition) is 2. The van der Waals surface area contributed by atoms with Crippen molar-refractivity contribution in [3.05, 3.63) is 85.5 Å². The van der Waals surface area contributed by atoms with Gasteiger partial charge in [-0.1, -0.05) is 0 Å². The summed E-state index contributed by atoms with van der Waals surface area (Å²) in [6, 6.07) is 13.5. The number of aromatic nitrogens is 4. The molecule has 2 amide bonds. The van der Waals surface area contributed by atoms with Crippen molar-refractivity contribution in [1.82, 2.24) is 19.5 Å². The van der Waals surface area contributed by atoms with Gasteiger partial charge in [-0.05, 0) is 48.5 Å². The van der Waals surface area contributed by atoms with Crippen molar-refractivity contribution in [3.8, 4) is 17.4 Å². The largest absolute Gasteiger partial charge is 0.439 e. The highest BCUT2D eigenvalue weighted by molar-refractivity contribution is 5.99. The van der Waals surface area contributed by atoms with Gasteiger partial charge in [0.25, 0.3) is 0 Å². The summed E-state index contributed by atoms with van der Waals surface area (Å²) < 4.78 is 20.4. The lowest BCUT2D eigenvalue weighted by atomic mass is 10.3. The SMILES string of the molecule is O=C(Nc1ccc(F)cc1)Nc1ccc(Oc2cc(-n3ccnc3)ncn2)cc1. The molecule has 2 heterocycles. The topological polar surface area (TPSA) is 94.0 Å². The Morgan fingerprint density at radius 3 is 2.31 bits per heavy atom. The number of amides is 2. The van der Waals surface area contributed by atoms with Crippen molar-refractivity contribution < 1.29 is 13.9 Å². The number of nitrogens with zero attached hydrogens (tertiary/aromatic N) is 4. The van der Waals surface area contributed by atoms with Gasteiger partial charge in [-0.15, -0.1) is 0 Å². The van der Waals surface area contributed by atoms with Crippen LogP contribution in [-0.4, -0.2) is 25.6 Å². The minimum absolute atomic E-state index is 0.368. The van der Waals surface area contributed by atoms with Crippen molar-refractivity contribution in [3.63, 3.8) is 0 Å². The Labute approximate surface area is 165 Å². The van der Waals surface area contributed by atoms with E-state index in [1.807, 2.05) is 0 Å². The highest BCUT2D eigenvalue weighted by atomic mass is 19.1. The van der Waals surface area contributed by atoms with Crippen LogP contribution in [0.15, 0.2) is 79.6 Å². The van der Waals surface area contributed by atoms with Gasteiger partial charge in [0.15, 0.2) is 0 Å². The van der Waals surface area contributed by atoms with E-state index in [0.717, 1.165) is 0 Å². The minimum atomic E-state index is -0.439. The van der Waals surface area contributed by atoms with Crippen molar-refractivity contribution in [2.75, 3.05) is 10.6 Å². The lowest BCUT2D eigenvalue weighted by Gasteiger charge is -2.09. The fourth-order valence-corrected chi connectivity index (χ4v) is 2.48. The Balaban J connectivity index is 1.37. The predicted octanol–water partition coefficient (Wildman–Crippen LogP) is 4.24. The monoisotopic (exact) mass is 390 g/mol. The second-order valence-electron chi connectivity index (χ2n) is 5.90. The van der Waals surface area contributed by atoms with E-state index in [4.69, 9.17) is 4.74 Å². The first-order valence-corrected chi connectivity index (χ1v) is 8.57. The summed E-state index contributed by atoms with van der Waals surface area (Å²) in [5.74, 6) is 1.18. The van der Waals surface area contributed by atoms with Crippen molar-refractivity contribution in [1.29, 1.82) is 0 Å². The molecule has 0 aliphatic heterocycles. The number of carbonyl (C=O) groups excluding carboxylic acids is 1. The molecule has 0 radical (unpaired) electrons. The molecule has 2 aromatic carbocycles. The van der Waals surface area contributed by atoms with Gasteiger partial charge in [-0.3, -0.25) is 4.57 Å². The summed E-state index contributed by atoms with van der Waals surface area (Å²) in [4.78, 5) is 24.3. The van der Waals surface area contributed by atoms with Gasteiger partial charge in [-0.2, -0.15) is 0 Å². The molecule has 0 saturated heterocycles. The number of carbonyl (C=O) groups is 1. The van der Waals surface area contributed by atoms with Gasteiger partial charge in [0, 0.05) is 29.8 Å². The van der Waals surface area contributed by atoms with Crippen LogP contribution < -0.4 is 15.4 Å². The second-order valence-corrected chi connectivity index (χ2v) is 5.90. The van der Waals surface area contributed by atoms with E-state index in [1.165, 1.54) is 30.6 Å². The summed E-state index contributed by atoms with van der Waals surface area (Å²) in [6.07, 6.45) is 6.45. The van der Waals surface area contributed by atoms with Crippen LogP contribution in [-0.2, 0) is 0 Å². The minimum Gasteiger partial charge on any atom is -0.439 e. The summed E-state index contributed by atoms with van der Waals surface area (Å²) in [7, 11) is 0. The zero-order valence-corrected chi connectivity index (χ0v) is 15.0. The first-order chi connectivity index (χ1) is 14.2.